The summed E-state index contributed by atoms with van der Waals surface area (Å²) in [5.41, 5.74) is 10.1. The second-order valence-electron chi connectivity index (χ2n) is 6.51. The topological polar surface area (TPSA) is 122 Å². The molecule has 1 aliphatic rings. The summed E-state index contributed by atoms with van der Waals surface area (Å²) in [7, 11) is 0. The summed E-state index contributed by atoms with van der Waals surface area (Å²) in [5, 5.41) is 17.8. The smallest absolute Gasteiger partial charge is 0.181 e. The summed E-state index contributed by atoms with van der Waals surface area (Å²) < 4.78 is 11.3. The van der Waals surface area contributed by atoms with E-state index in [2.05, 4.69) is 16.0 Å². The van der Waals surface area contributed by atoms with E-state index in [1.54, 1.807) is 18.2 Å². The highest BCUT2D eigenvalue weighted by Crippen LogP contribution is 2.38. The molecule has 1 aliphatic carbocycles. The number of aromatic nitrogens is 2. The van der Waals surface area contributed by atoms with Crippen molar-refractivity contribution in [3.05, 3.63) is 69.7 Å². The van der Waals surface area contributed by atoms with Gasteiger partial charge in [-0.1, -0.05) is 11.6 Å². The van der Waals surface area contributed by atoms with Gasteiger partial charge >= 0.3 is 0 Å². The van der Waals surface area contributed by atoms with Crippen molar-refractivity contribution in [1.29, 1.82) is 10.7 Å². The summed E-state index contributed by atoms with van der Waals surface area (Å²) >= 11 is 6.18. The van der Waals surface area contributed by atoms with Gasteiger partial charge in [-0.15, -0.1) is 0 Å². The fourth-order valence-corrected chi connectivity index (χ4v) is 3.70. The average molecular weight is 394 g/mol. The molecule has 3 N–H and O–H groups in total. The number of rotatable bonds is 4. The molecule has 1 unspecified atom stereocenters. The Bertz CT molecular complexity index is 1120. The number of nitrogens with zero attached hydrogens (tertiary/aromatic N) is 3. The van der Waals surface area contributed by atoms with Crippen LogP contribution < -0.4 is 10.5 Å². The van der Waals surface area contributed by atoms with Crippen LogP contribution in [0, 0.1) is 23.7 Å². The zero-order valence-electron chi connectivity index (χ0n) is 15.0. The molecular weight excluding hydrogens is 378 g/mol. The Kier molecular flexibility index (Phi) is 4.49. The fourth-order valence-electron chi connectivity index (χ4n) is 3.43. The largest absolute Gasteiger partial charge is 0.484 e. The van der Waals surface area contributed by atoms with Gasteiger partial charge in [0.1, 0.15) is 28.8 Å². The lowest BCUT2D eigenvalue weighted by Gasteiger charge is -2.16. The summed E-state index contributed by atoms with van der Waals surface area (Å²) in [6.07, 6.45) is 3.94. The number of fused-ring (bicyclic) bond motifs is 1. The van der Waals surface area contributed by atoms with Crippen LogP contribution in [0.1, 0.15) is 46.2 Å². The van der Waals surface area contributed by atoms with Gasteiger partial charge in [0.15, 0.2) is 12.2 Å². The first-order chi connectivity index (χ1) is 13.5. The Hall–Kier alpha value is -3.37. The van der Waals surface area contributed by atoms with E-state index in [0.29, 0.717) is 28.3 Å². The molecule has 2 aromatic heterocycles. The van der Waals surface area contributed by atoms with Crippen molar-refractivity contribution >= 4 is 23.0 Å². The third-order valence-corrected chi connectivity index (χ3v) is 5.16. The van der Waals surface area contributed by atoms with Crippen LogP contribution in [-0.2, 0) is 6.42 Å². The molecule has 0 saturated heterocycles. The number of oxazole rings is 1. The molecule has 0 fully saturated rings. The van der Waals surface area contributed by atoms with Crippen molar-refractivity contribution in [2.24, 2.45) is 0 Å². The highest BCUT2D eigenvalue weighted by Gasteiger charge is 2.30. The quantitative estimate of drug-likeness (QED) is 0.393. The van der Waals surface area contributed by atoms with E-state index in [1.807, 2.05) is 6.92 Å². The molecule has 0 aliphatic heterocycles. The maximum absolute atomic E-state index is 9.27. The number of nitrogens with one attached hydrogen (secondary N) is 1. The van der Waals surface area contributed by atoms with Crippen molar-refractivity contribution in [3.63, 3.8) is 0 Å². The predicted molar refractivity (Wildman–Crippen MR) is 104 cm³/mol. The number of nitrogen functional groups attached to an aromatic ring is 1. The first-order valence-electron chi connectivity index (χ1n) is 8.62. The van der Waals surface area contributed by atoms with Crippen LogP contribution in [0.2, 0.25) is 5.15 Å². The number of hydrogen-bond donors (Lipinski definition) is 2. The number of ether oxygens (including phenoxy) is 1. The van der Waals surface area contributed by atoms with Crippen LogP contribution in [0.25, 0.3) is 0 Å². The minimum atomic E-state index is -0.283. The van der Waals surface area contributed by atoms with E-state index in [1.165, 1.54) is 12.6 Å². The number of halogens is 1. The lowest BCUT2D eigenvalue weighted by atomic mass is 10.0. The van der Waals surface area contributed by atoms with Crippen molar-refractivity contribution in [2.75, 3.05) is 5.73 Å². The molecule has 8 heteroatoms. The molecule has 3 aromatic rings. The molecule has 0 amide bonds. The highest BCUT2D eigenvalue weighted by molar-refractivity contribution is 6.30. The maximum atomic E-state index is 9.27. The van der Waals surface area contributed by atoms with Gasteiger partial charge in [-0.2, -0.15) is 5.26 Å². The SMILES string of the molecule is Cc1c(C#N)c(Cl)nc2c1CCC2Oc1ccc(N)c(C(=N)c2cnco2)c1. The Morgan fingerprint density at radius 1 is 1.46 bits per heavy atom. The number of benzene rings is 1. The van der Waals surface area contributed by atoms with Crippen molar-refractivity contribution in [3.8, 4) is 11.8 Å². The Labute approximate surface area is 166 Å². The zero-order valence-corrected chi connectivity index (χ0v) is 15.7. The summed E-state index contributed by atoms with van der Waals surface area (Å²) in [4.78, 5) is 8.24. The monoisotopic (exact) mass is 393 g/mol. The normalized spacial score (nSPS) is 15.1. The van der Waals surface area contributed by atoms with Crippen LogP contribution in [0.15, 0.2) is 35.2 Å². The van der Waals surface area contributed by atoms with E-state index in [9.17, 15) is 5.26 Å². The number of nitriles is 1. The van der Waals surface area contributed by atoms with Gasteiger partial charge in [0.2, 0.25) is 0 Å². The first kappa shape index (κ1) is 18.0. The van der Waals surface area contributed by atoms with Crippen LogP contribution in [-0.4, -0.2) is 15.7 Å². The molecule has 0 bridgehead atoms. The summed E-state index contributed by atoms with van der Waals surface area (Å²) in [6.45, 7) is 1.88. The van der Waals surface area contributed by atoms with E-state index in [-0.39, 0.29) is 17.0 Å². The molecule has 4 rings (SSSR count). The molecule has 140 valence electrons. The number of pyridine rings is 1. The van der Waals surface area contributed by atoms with Crippen molar-refractivity contribution in [1.82, 2.24) is 9.97 Å². The molecule has 1 aromatic carbocycles. The molecule has 1 atom stereocenters. The lowest BCUT2D eigenvalue weighted by Crippen LogP contribution is -2.09. The van der Waals surface area contributed by atoms with Gasteiger partial charge in [-0.3, -0.25) is 5.41 Å². The van der Waals surface area contributed by atoms with Gasteiger partial charge in [-0.05, 0) is 49.1 Å². The molecule has 0 radical (unpaired) electrons. The van der Waals surface area contributed by atoms with Crippen LogP contribution in [0.3, 0.4) is 0 Å². The summed E-state index contributed by atoms with van der Waals surface area (Å²) in [5.74, 6) is 0.884. The third-order valence-electron chi connectivity index (χ3n) is 4.89. The average Bonchev–Trinajstić information content (AvgIpc) is 3.34. The number of anilines is 1. The van der Waals surface area contributed by atoms with E-state index in [4.69, 9.17) is 31.9 Å². The van der Waals surface area contributed by atoms with Crippen molar-refractivity contribution in [2.45, 2.75) is 25.9 Å². The minimum Gasteiger partial charge on any atom is -0.484 e. The second kappa shape index (κ2) is 6.98. The molecule has 0 saturated carbocycles. The Balaban J connectivity index is 1.65. The van der Waals surface area contributed by atoms with E-state index in [0.717, 1.165) is 29.7 Å². The zero-order chi connectivity index (χ0) is 19.8. The Morgan fingerprint density at radius 2 is 2.29 bits per heavy atom. The van der Waals surface area contributed by atoms with E-state index >= 15 is 0 Å². The minimum absolute atomic E-state index is 0.128. The molecule has 7 nitrogen and oxygen atoms in total. The van der Waals surface area contributed by atoms with Crippen LogP contribution in [0.5, 0.6) is 5.75 Å². The maximum Gasteiger partial charge on any atom is 0.181 e. The summed E-state index contributed by atoms with van der Waals surface area (Å²) in [6, 6.07) is 7.26. The van der Waals surface area contributed by atoms with Crippen molar-refractivity contribution < 1.29 is 9.15 Å². The van der Waals surface area contributed by atoms with Crippen LogP contribution in [0.4, 0.5) is 5.69 Å². The fraction of sp³-hybridized carbons (Fsp3) is 0.200. The van der Waals surface area contributed by atoms with Gasteiger partial charge in [0.25, 0.3) is 0 Å². The molecule has 28 heavy (non-hydrogen) atoms. The second-order valence-corrected chi connectivity index (χ2v) is 6.87. The first-order valence-corrected chi connectivity index (χ1v) is 9.00. The lowest BCUT2D eigenvalue weighted by molar-refractivity contribution is 0.203. The Morgan fingerprint density at radius 3 is 3.00 bits per heavy atom. The molecular formula is C20H16ClN5O2. The van der Waals surface area contributed by atoms with Gasteiger partial charge in [0, 0.05) is 11.3 Å². The number of hydrogen-bond acceptors (Lipinski definition) is 7. The predicted octanol–water partition coefficient (Wildman–Crippen LogP) is 3.97. The van der Waals surface area contributed by atoms with Gasteiger partial charge < -0.3 is 14.9 Å². The highest BCUT2D eigenvalue weighted by atomic mass is 35.5. The van der Waals surface area contributed by atoms with Crippen LogP contribution >= 0.6 is 11.6 Å². The molecule has 0 spiro atoms. The van der Waals surface area contributed by atoms with Gasteiger partial charge in [-0.25, -0.2) is 9.97 Å². The van der Waals surface area contributed by atoms with E-state index < -0.39 is 0 Å². The van der Waals surface area contributed by atoms with Gasteiger partial charge in [0.05, 0.1) is 17.5 Å². The standard InChI is InChI=1S/C20H16ClN5O2/c1-10-12-3-5-16(19(12)26-20(21)14(10)7-22)28-11-2-4-15(23)13(6-11)18(24)17-8-25-9-27-17/h2,4,6,8-9,16,24H,3,5,23H2,1H3. The molecule has 2 heterocycles. The number of nitrogens with two attached hydrogens (primary N) is 1. The third kappa shape index (κ3) is 2.98.